The Hall–Kier alpha value is -2.17. The fourth-order valence-electron chi connectivity index (χ4n) is 2.67. The summed E-state index contributed by atoms with van der Waals surface area (Å²) in [6.45, 7) is 1.48. The van der Waals surface area contributed by atoms with Gasteiger partial charge in [-0.2, -0.15) is 4.31 Å². The van der Waals surface area contributed by atoms with E-state index in [4.69, 9.17) is 4.74 Å². The number of nitro benzene ring substituents is 1. The quantitative estimate of drug-likeness (QED) is 0.286. The van der Waals surface area contributed by atoms with Crippen LogP contribution < -0.4 is 4.74 Å². The predicted molar refractivity (Wildman–Crippen MR) is 102 cm³/mol. The molecule has 0 N–H and O–H groups in total. The highest BCUT2D eigenvalue weighted by Gasteiger charge is 2.27. The lowest BCUT2D eigenvalue weighted by molar-refractivity contribution is -0.384. The van der Waals surface area contributed by atoms with Crippen LogP contribution in [-0.4, -0.2) is 48.1 Å². The van der Waals surface area contributed by atoms with E-state index in [1.165, 1.54) is 34.4 Å². The smallest absolute Gasteiger partial charge is 0.273 e. The average Bonchev–Trinajstić information content (AvgIpc) is 3.21. The van der Waals surface area contributed by atoms with Gasteiger partial charge in [-0.25, -0.2) is 13.4 Å². The van der Waals surface area contributed by atoms with Crippen LogP contribution in [0.4, 0.5) is 5.69 Å². The van der Waals surface area contributed by atoms with Crippen molar-refractivity contribution in [3.63, 3.8) is 0 Å². The standard InChI is InChI=1S/C17H19N3O5S2/c21-20(22)14-4-3-5-15(12-14)25-10-11-26-17-7-6-16(13-18-17)27(23,24)19-8-1-2-9-19/h3-7,12-13H,1-2,8-11H2. The molecule has 1 aliphatic rings. The summed E-state index contributed by atoms with van der Waals surface area (Å²) in [6.07, 6.45) is 3.17. The SMILES string of the molecule is O=[N+]([O-])c1cccc(OCCSc2ccc(S(=O)(=O)N3CCCC3)cn2)c1. The van der Waals surface area contributed by atoms with E-state index < -0.39 is 14.9 Å². The normalized spacial score (nSPS) is 15.0. The van der Waals surface area contributed by atoms with Crippen molar-refractivity contribution in [2.75, 3.05) is 25.4 Å². The fraction of sp³-hybridized carbons (Fsp3) is 0.353. The number of non-ortho nitro benzene ring substituents is 1. The summed E-state index contributed by atoms with van der Waals surface area (Å²) in [5.41, 5.74) is -0.0170. The molecule has 1 fully saturated rings. The zero-order valence-electron chi connectivity index (χ0n) is 14.5. The third-order valence-corrected chi connectivity index (χ3v) is 6.83. The average molecular weight is 409 g/mol. The molecule has 1 aromatic heterocycles. The van der Waals surface area contributed by atoms with Gasteiger partial charge in [0.1, 0.15) is 10.6 Å². The Balaban J connectivity index is 1.50. The van der Waals surface area contributed by atoms with Crippen LogP contribution >= 0.6 is 11.8 Å². The van der Waals surface area contributed by atoms with Crippen molar-refractivity contribution in [3.8, 4) is 5.75 Å². The van der Waals surface area contributed by atoms with Crippen LogP contribution in [0.5, 0.6) is 5.75 Å². The number of thioether (sulfide) groups is 1. The number of sulfonamides is 1. The molecule has 144 valence electrons. The van der Waals surface area contributed by atoms with E-state index in [0.717, 1.165) is 12.8 Å². The van der Waals surface area contributed by atoms with Crippen LogP contribution in [0.1, 0.15) is 12.8 Å². The monoisotopic (exact) mass is 409 g/mol. The van der Waals surface area contributed by atoms with Crippen LogP contribution in [0.2, 0.25) is 0 Å². The summed E-state index contributed by atoms with van der Waals surface area (Å²) in [4.78, 5) is 14.7. The molecule has 0 spiro atoms. The minimum atomic E-state index is -3.45. The third kappa shape index (κ3) is 4.96. The second kappa shape index (κ2) is 8.68. The summed E-state index contributed by atoms with van der Waals surface area (Å²) in [5, 5.41) is 11.4. The van der Waals surface area contributed by atoms with E-state index in [2.05, 4.69) is 4.98 Å². The topological polar surface area (TPSA) is 103 Å². The molecular formula is C17H19N3O5S2. The maximum Gasteiger partial charge on any atom is 0.273 e. The van der Waals surface area contributed by atoms with Crippen molar-refractivity contribution in [2.24, 2.45) is 0 Å². The van der Waals surface area contributed by atoms with Gasteiger partial charge in [0.15, 0.2) is 0 Å². The number of nitro groups is 1. The van der Waals surface area contributed by atoms with Gasteiger partial charge in [-0.05, 0) is 31.0 Å². The van der Waals surface area contributed by atoms with Crippen LogP contribution in [0.15, 0.2) is 52.5 Å². The Morgan fingerprint density at radius 1 is 1.22 bits per heavy atom. The molecule has 0 radical (unpaired) electrons. The van der Waals surface area contributed by atoms with Crippen LogP contribution in [-0.2, 0) is 10.0 Å². The highest BCUT2D eigenvalue weighted by Crippen LogP contribution is 2.23. The molecule has 0 atom stereocenters. The van der Waals surface area contributed by atoms with Crippen LogP contribution in [0.25, 0.3) is 0 Å². The second-order valence-electron chi connectivity index (χ2n) is 5.89. The van der Waals surface area contributed by atoms with Gasteiger partial charge in [0.2, 0.25) is 10.0 Å². The lowest BCUT2D eigenvalue weighted by Crippen LogP contribution is -2.27. The van der Waals surface area contributed by atoms with Crippen molar-refractivity contribution >= 4 is 27.5 Å². The molecular weight excluding hydrogens is 390 g/mol. The Morgan fingerprint density at radius 2 is 2.00 bits per heavy atom. The molecule has 0 saturated carbocycles. The zero-order chi connectivity index (χ0) is 19.3. The third-order valence-electron chi connectivity index (χ3n) is 4.04. The number of nitrogens with zero attached hydrogens (tertiary/aromatic N) is 3. The molecule has 2 aromatic rings. The minimum absolute atomic E-state index is 0.0170. The van der Waals surface area contributed by atoms with E-state index in [0.29, 0.717) is 36.2 Å². The molecule has 1 aliphatic heterocycles. The Labute approximate surface area is 161 Å². The van der Waals surface area contributed by atoms with Crippen molar-refractivity contribution in [1.82, 2.24) is 9.29 Å². The number of benzene rings is 1. The summed E-state index contributed by atoms with van der Waals surface area (Å²) >= 11 is 1.42. The molecule has 8 nitrogen and oxygen atoms in total. The van der Waals surface area contributed by atoms with Gasteiger partial charge in [0, 0.05) is 31.1 Å². The Kier molecular flexibility index (Phi) is 6.30. The van der Waals surface area contributed by atoms with Gasteiger partial charge in [-0.1, -0.05) is 6.07 Å². The summed E-state index contributed by atoms with van der Waals surface area (Å²) in [5.74, 6) is 1.01. The molecule has 0 unspecified atom stereocenters. The first-order valence-electron chi connectivity index (χ1n) is 8.43. The van der Waals surface area contributed by atoms with Crippen molar-refractivity contribution < 1.29 is 18.1 Å². The van der Waals surface area contributed by atoms with Gasteiger partial charge in [0.05, 0.1) is 22.6 Å². The number of rotatable bonds is 8. The summed E-state index contributed by atoms with van der Waals surface area (Å²) < 4.78 is 31.9. The van der Waals surface area contributed by atoms with Crippen molar-refractivity contribution in [2.45, 2.75) is 22.8 Å². The molecule has 0 aliphatic carbocycles. The fourth-order valence-corrected chi connectivity index (χ4v) is 4.81. The van der Waals surface area contributed by atoms with E-state index in [9.17, 15) is 18.5 Å². The lowest BCUT2D eigenvalue weighted by atomic mass is 10.3. The maximum absolute atomic E-state index is 12.4. The van der Waals surface area contributed by atoms with Crippen molar-refractivity contribution in [1.29, 1.82) is 0 Å². The molecule has 0 bridgehead atoms. The number of hydrogen-bond donors (Lipinski definition) is 0. The summed E-state index contributed by atoms with van der Waals surface area (Å²) in [7, 11) is -3.45. The lowest BCUT2D eigenvalue weighted by Gasteiger charge is -2.15. The largest absolute Gasteiger partial charge is 0.492 e. The van der Waals surface area contributed by atoms with Gasteiger partial charge >= 0.3 is 0 Å². The minimum Gasteiger partial charge on any atom is -0.492 e. The van der Waals surface area contributed by atoms with Crippen LogP contribution in [0.3, 0.4) is 0 Å². The first kappa shape index (κ1) is 19.6. The molecule has 3 rings (SSSR count). The van der Waals surface area contributed by atoms with Crippen LogP contribution in [0, 0.1) is 10.1 Å². The first-order chi connectivity index (χ1) is 13.0. The molecule has 2 heterocycles. The van der Waals surface area contributed by atoms with E-state index in [-0.39, 0.29) is 10.6 Å². The van der Waals surface area contributed by atoms with E-state index >= 15 is 0 Å². The molecule has 27 heavy (non-hydrogen) atoms. The van der Waals surface area contributed by atoms with Gasteiger partial charge < -0.3 is 4.74 Å². The zero-order valence-corrected chi connectivity index (χ0v) is 16.1. The van der Waals surface area contributed by atoms with Gasteiger partial charge in [-0.3, -0.25) is 10.1 Å². The van der Waals surface area contributed by atoms with Crippen molar-refractivity contribution in [3.05, 3.63) is 52.7 Å². The molecule has 1 saturated heterocycles. The first-order valence-corrected chi connectivity index (χ1v) is 10.9. The van der Waals surface area contributed by atoms with Gasteiger partial charge in [0.25, 0.3) is 5.69 Å². The Morgan fingerprint density at radius 3 is 2.67 bits per heavy atom. The number of hydrogen-bond acceptors (Lipinski definition) is 7. The highest BCUT2D eigenvalue weighted by molar-refractivity contribution is 7.99. The molecule has 1 aromatic carbocycles. The highest BCUT2D eigenvalue weighted by atomic mass is 32.2. The molecule has 10 heteroatoms. The predicted octanol–water partition coefficient (Wildman–Crippen LogP) is 2.95. The van der Waals surface area contributed by atoms with E-state index in [1.807, 2.05) is 0 Å². The Bertz CT molecular complexity index is 897. The number of aromatic nitrogens is 1. The van der Waals surface area contributed by atoms with E-state index in [1.54, 1.807) is 24.3 Å². The maximum atomic E-state index is 12.4. The number of ether oxygens (including phenoxy) is 1. The van der Waals surface area contributed by atoms with Gasteiger partial charge in [-0.15, -0.1) is 11.8 Å². The second-order valence-corrected chi connectivity index (χ2v) is 8.95. The summed E-state index contributed by atoms with van der Waals surface area (Å²) in [6, 6.07) is 9.27. The number of pyridine rings is 1. The molecule has 0 amide bonds.